The van der Waals surface area contributed by atoms with Crippen LogP contribution < -0.4 is 5.32 Å². The van der Waals surface area contributed by atoms with Crippen LogP contribution in [0.2, 0.25) is 0 Å². The first-order valence-electron chi connectivity index (χ1n) is 5.15. The normalized spacial score (nSPS) is 12.7. The molecule has 1 rings (SSSR count). The van der Waals surface area contributed by atoms with E-state index in [9.17, 15) is 0 Å². The molecule has 0 aliphatic rings. The van der Waals surface area contributed by atoms with Crippen LogP contribution in [0.25, 0.3) is 0 Å². The zero-order valence-corrected chi connectivity index (χ0v) is 10.3. The van der Waals surface area contributed by atoms with Crippen molar-refractivity contribution in [1.29, 1.82) is 0 Å². The highest BCUT2D eigenvalue weighted by Gasteiger charge is 2.08. The zero-order valence-electron chi connectivity index (χ0n) is 9.44. The molecule has 0 amide bonds. The Morgan fingerprint density at radius 3 is 3.13 bits per heavy atom. The van der Waals surface area contributed by atoms with Gasteiger partial charge in [0, 0.05) is 37.5 Å². The van der Waals surface area contributed by atoms with E-state index in [0.29, 0.717) is 6.04 Å². The molecule has 1 unspecified atom stereocenters. The summed E-state index contributed by atoms with van der Waals surface area (Å²) in [6.45, 7) is 6.84. The maximum Gasteiger partial charge on any atom is 0.125 e. The van der Waals surface area contributed by atoms with Gasteiger partial charge in [0.2, 0.25) is 0 Å². The van der Waals surface area contributed by atoms with E-state index >= 15 is 0 Å². The Labute approximate surface area is 96.0 Å². The molecule has 0 aliphatic carbocycles. The van der Waals surface area contributed by atoms with Crippen LogP contribution in [-0.4, -0.2) is 27.6 Å². The zero-order chi connectivity index (χ0) is 11.1. The van der Waals surface area contributed by atoms with E-state index in [4.69, 9.17) is 0 Å². The van der Waals surface area contributed by atoms with Gasteiger partial charge in [-0.15, -0.1) is 6.58 Å². The summed E-state index contributed by atoms with van der Waals surface area (Å²) in [5.74, 6) is 3.22. The highest BCUT2D eigenvalue weighted by molar-refractivity contribution is 7.99. The molecule has 84 valence electrons. The Balaban J connectivity index is 2.22. The Kier molecular flexibility index (Phi) is 5.50. The molecule has 0 spiro atoms. The molecule has 1 atom stereocenters. The van der Waals surface area contributed by atoms with Crippen LogP contribution in [-0.2, 0) is 7.05 Å². The second-order valence-electron chi connectivity index (χ2n) is 3.44. The van der Waals surface area contributed by atoms with Gasteiger partial charge in [0.15, 0.2) is 0 Å². The minimum atomic E-state index is 0.314. The largest absolute Gasteiger partial charge is 0.337 e. The lowest BCUT2D eigenvalue weighted by Gasteiger charge is -2.13. The Bertz CT molecular complexity index is 296. The van der Waals surface area contributed by atoms with Gasteiger partial charge >= 0.3 is 0 Å². The number of hydrogen-bond acceptors (Lipinski definition) is 3. The number of aryl methyl sites for hydroxylation is 1. The maximum absolute atomic E-state index is 4.31. The fourth-order valence-electron chi connectivity index (χ4n) is 1.40. The topological polar surface area (TPSA) is 29.9 Å². The highest BCUT2D eigenvalue weighted by Crippen LogP contribution is 2.08. The van der Waals surface area contributed by atoms with Gasteiger partial charge in [0.1, 0.15) is 5.82 Å². The molecule has 0 bridgehead atoms. The quantitative estimate of drug-likeness (QED) is 0.568. The number of nitrogens with one attached hydrogen (secondary N) is 1. The van der Waals surface area contributed by atoms with Crippen molar-refractivity contribution in [2.45, 2.75) is 13.0 Å². The van der Waals surface area contributed by atoms with E-state index in [1.165, 1.54) is 0 Å². The molecule has 3 nitrogen and oxygen atoms in total. The van der Waals surface area contributed by atoms with E-state index < -0.39 is 0 Å². The smallest absolute Gasteiger partial charge is 0.125 e. The number of hydrogen-bond donors (Lipinski definition) is 1. The van der Waals surface area contributed by atoms with Gasteiger partial charge in [0.05, 0.1) is 6.04 Å². The van der Waals surface area contributed by atoms with Crippen molar-refractivity contribution >= 4 is 11.8 Å². The molecule has 0 saturated carbocycles. The average molecular weight is 225 g/mol. The molecule has 0 radical (unpaired) electrons. The van der Waals surface area contributed by atoms with Crippen LogP contribution in [0.1, 0.15) is 18.8 Å². The average Bonchev–Trinajstić information content (AvgIpc) is 2.64. The summed E-state index contributed by atoms with van der Waals surface area (Å²) in [5.41, 5.74) is 0. The lowest BCUT2D eigenvalue weighted by Crippen LogP contribution is -2.23. The first-order valence-corrected chi connectivity index (χ1v) is 6.30. The summed E-state index contributed by atoms with van der Waals surface area (Å²) in [7, 11) is 2.02. The maximum atomic E-state index is 4.31. The van der Waals surface area contributed by atoms with Gasteiger partial charge in [-0.3, -0.25) is 0 Å². The third-order valence-corrected chi connectivity index (χ3v) is 3.14. The molecule has 4 heteroatoms. The minimum Gasteiger partial charge on any atom is -0.337 e. The first-order chi connectivity index (χ1) is 7.25. The van der Waals surface area contributed by atoms with Crippen LogP contribution in [0.4, 0.5) is 0 Å². The van der Waals surface area contributed by atoms with E-state index in [-0.39, 0.29) is 0 Å². The Morgan fingerprint density at radius 2 is 2.53 bits per heavy atom. The number of nitrogens with zero attached hydrogens (tertiary/aromatic N) is 2. The number of aromatic nitrogens is 2. The highest BCUT2D eigenvalue weighted by atomic mass is 32.2. The first kappa shape index (κ1) is 12.3. The van der Waals surface area contributed by atoms with Gasteiger partial charge in [0.25, 0.3) is 0 Å². The van der Waals surface area contributed by atoms with Crippen LogP contribution >= 0.6 is 11.8 Å². The van der Waals surface area contributed by atoms with Crippen molar-refractivity contribution in [3.8, 4) is 0 Å². The lowest BCUT2D eigenvalue weighted by atomic mass is 10.3. The second kappa shape index (κ2) is 6.69. The SMILES string of the molecule is C=CCSCCNC(C)c1nccn1C. The van der Waals surface area contributed by atoms with Crippen LogP contribution in [0.15, 0.2) is 25.0 Å². The molecular weight excluding hydrogens is 206 g/mol. The van der Waals surface area contributed by atoms with Crippen molar-refractivity contribution in [3.63, 3.8) is 0 Å². The molecular formula is C11H19N3S. The summed E-state index contributed by atoms with van der Waals surface area (Å²) >= 11 is 1.89. The summed E-state index contributed by atoms with van der Waals surface area (Å²) in [6, 6.07) is 0.314. The molecule has 0 fully saturated rings. The number of thioether (sulfide) groups is 1. The van der Waals surface area contributed by atoms with E-state index in [1.807, 2.05) is 37.3 Å². The second-order valence-corrected chi connectivity index (χ2v) is 4.59. The van der Waals surface area contributed by atoms with Gasteiger partial charge in [-0.25, -0.2) is 4.98 Å². The third kappa shape index (κ3) is 4.10. The van der Waals surface area contributed by atoms with Crippen molar-refractivity contribution in [3.05, 3.63) is 30.9 Å². The van der Waals surface area contributed by atoms with Crippen LogP contribution in [0, 0.1) is 0 Å². The predicted octanol–water partition coefficient (Wildman–Crippen LogP) is 1.99. The van der Waals surface area contributed by atoms with Crippen molar-refractivity contribution in [2.75, 3.05) is 18.1 Å². The van der Waals surface area contributed by atoms with E-state index in [2.05, 4.69) is 28.4 Å². The van der Waals surface area contributed by atoms with Gasteiger partial charge < -0.3 is 9.88 Å². The van der Waals surface area contributed by atoms with E-state index in [1.54, 1.807) is 0 Å². The van der Waals surface area contributed by atoms with Crippen molar-refractivity contribution < 1.29 is 0 Å². The summed E-state index contributed by atoms with van der Waals surface area (Å²) in [5, 5.41) is 3.45. The molecule has 0 aromatic carbocycles. The summed E-state index contributed by atoms with van der Waals surface area (Å²) < 4.78 is 2.05. The van der Waals surface area contributed by atoms with Gasteiger partial charge in [-0.2, -0.15) is 11.8 Å². The van der Waals surface area contributed by atoms with Crippen LogP contribution in [0.3, 0.4) is 0 Å². The molecule has 15 heavy (non-hydrogen) atoms. The number of rotatable bonds is 7. The number of imidazole rings is 1. The van der Waals surface area contributed by atoms with Gasteiger partial charge in [-0.1, -0.05) is 6.08 Å². The predicted molar refractivity (Wildman–Crippen MR) is 67.1 cm³/mol. The fraction of sp³-hybridized carbons (Fsp3) is 0.545. The van der Waals surface area contributed by atoms with Gasteiger partial charge in [-0.05, 0) is 6.92 Å². The molecule has 0 aliphatic heterocycles. The Morgan fingerprint density at radius 1 is 1.73 bits per heavy atom. The van der Waals surface area contributed by atoms with Crippen molar-refractivity contribution in [2.24, 2.45) is 7.05 Å². The molecule has 1 N–H and O–H groups in total. The summed E-state index contributed by atoms with van der Waals surface area (Å²) in [6.07, 6.45) is 5.74. The molecule has 1 aromatic heterocycles. The lowest BCUT2D eigenvalue weighted by molar-refractivity contribution is 0.550. The molecule has 1 aromatic rings. The monoisotopic (exact) mass is 225 g/mol. The van der Waals surface area contributed by atoms with E-state index in [0.717, 1.165) is 23.9 Å². The van der Waals surface area contributed by atoms with Crippen molar-refractivity contribution in [1.82, 2.24) is 14.9 Å². The van der Waals surface area contributed by atoms with Crippen LogP contribution in [0.5, 0.6) is 0 Å². The fourth-order valence-corrected chi connectivity index (χ4v) is 2.00. The standard InChI is InChI=1S/C11H19N3S/c1-4-8-15-9-6-12-10(2)11-13-5-7-14(11)3/h4-5,7,10,12H,1,6,8-9H2,2-3H3. The Hall–Kier alpha value is -0.740. The third-order valence-electron chi connectivity index (χ3n) is 2.18. The molecule has 1 heterocycles. The minimum absolute atomic E-state index is 0.314. The summed E-state index contributed by atoms with van der Waals surface area (Å²) in [4.78, 5) is 4.31. The molecule has 0 saturated heterocycles.